The van der Waals surface area contributed by atoms with Crippen LogP contribution in [0.15, 0.2) is 30.3 Å². The van der Waals surface area contributed by atoms with Crippen molar-refractivity contribution >= 4 is 0 Å². The lowest BCUT2D eigenvalue weighted by Crippen LogP contribution is -2.55. The predicted octanol–water partition coefficient (Wildman–Crippen LogP) is 2.47. The normalized spacial score (nSPS) is 27.9. The maximum atomic E-state index is 3.49. The molecule has 0 saturated carbocycles. The highest BCUT2D eigenvalue weighted by atomic mass is 15.2. The van der Waals surface area contributed by atoms with E-state index < -0.39 is 0 Å². The molecular weight excluding hydrogens is 208 g/mol. The molecule has 0 aliphatic carbocycles. The van der Waals surface area contributed by atoms with Gasteiger partial charge in [-0.05, 0) is 25.3 Å². The van der Waals surface area contributed by atoms with Gasteiger partial charge in [-0.25, -0.2) is 0 Å². The molecule has 1 aliphatic rings. The number of piperazine rings is 1. The van der Waals surface area contributed by atoms with Gasteiger partial charge >= 0.3 is 0 Å². The van der Waals surface area contributed by atoms with E-state index in [0.717, 1.165) is 19.6 Å². The standard InChI is InChI=1S/C15H24N2/c1-12(15-7-5-4-6-8-15)11-17-13(2)9-16-10-14(17)3/h4-8,12-14,16H,9-11H2,1-3H3/t12?,13-,14+. The Labute approximate surface area is 105 Å². The Hall–Kier alpha value is -0.860. The second-order valence-electron chi connectivity index (χ2n) is 5.36. The van der Waals surface area contributed by atoms with Crippen molar-refractivity contribution in [3.8, 4) is 0 Å². The first-order valence-electron chi connectivity index (χ1n) is 6.70. The van der Waals surface area contributed by atoms with Gasteiger partial charge in [0.25, 0.3) is 0 Å². The largest absolute Gasteiger partial charge is 0.314 e. The van der Waals surface area contributed by atoms with Crippen molar-refractivity contribution in [3.05, 3.63) is 35.9 Å². The van der Waals surface area contributed by atoms with Crippen molar-refractivity contribution in [3.63, 3.8) is 0 Å². The van der Waals surface area contributed by atoms with Crippen LogP contribution in [0.4, 0.5) is 0 Å². The van der Waals surface area contributed by atoms with E-state index in [1.807, 2.05) is 0 Å². The van der Waals surface area contributed by atoms with Crippen molar-refractivity contribution in [2.24, 2.45) is 0 Å². The van der Waals surface area contributed by atoms with E-state index in [9.17, 15) is 0 Å². The van der Waals surface area contributed by atoms with Crippen LogP contribution < -0.4 is 5.32 Å². The van der Waals surface area contributed by atoms with Crippen LogP contribution in [0.5, 0.6) is 0 Å². The van der Waals surface area contributed by atoms with Crippen molar-refractivity contribution in [2.75, 3.05) is 19.6 Å². The van der Waals surface area contributed by atoms with E-state index in [0.29, 0.717) is 18.0 Å². The molecule has 0 radical (unpaired) electrons. The Morgan fingerprint density at radius 3 is 2.35 bits per heavy atom. The van der Waals surface area contributed by atoms with Crippen LogP contribution in [-0.4, -0.2) is 36.6 Å². The number of hydrogen-bond donors (Lipinski definition) is 1. The van der Waals surface area contributed by atoms with Gasteiger partial charge in [-0.1, -0.05) is 37.3 Å². The van der Waals surface area contributed by atoms with Crippen LogP contribution >= 0.6 is 0 Å². The van der Waals surface area contributed by atoms with Gasteiger partial charge in [-0.15, -0.1) is 0 Å². The van der Waals surface area contributed by atoms with Crippen LogP contribution in [-0.2, 0) is 0 Å². The van der Waals surface area contributed by atoms with Gasteiger partial charge in [0.15, 0.2) is 0 Å². The van der Waals surface area contributed by atoms with Gasteiger partial charge < -0.3 is 5.32 Å². The smallest absolute Gasteiger partial charge is 0.0195 e. The molecule has 1 aliphatic heterocycles. The molecule has 1 unspecified atom stereocenters. The summed E-state index contributed by atoms with van der Waals surface area (Å²) in [5, 5.41) is 3.49. The first kappa shape index (κ1) is 12.6. The monoisotopic (exact) mass is 232 g/mol. The summed E-state index contributed by atoms with van der Waals surface area (Å²) in [5.41, 5.74) is 1.45. The zero-order valence-electron chi connectivity index (χ0n) is 11.2. The van der Waals surface area contributed by atoms with E-state index in [1.54, 1.807) is 0 Å². The third kappa shape index (κ3) is 3.08. The minimum atomic E-state index is 0.610. The lowest BCUT2D eigenvalue weighted by molar-refractivity contribution is 0.111. The summed E-state index contributed by atoms with van der Waals surface area (Å²) < 4.78 is 0. The van der Waals surface area contributed by atoms with E-state index >= 15 is 0 Å². The maximum Gasteiger partial charge on any atom is 0.0195 e. The summed E-state index contributed by atoms with van der Waals surface area (Å²) in [6, 6.07) is 12.1. The molecule has 1 aromatic rings. The van der Waals surface area contributed by atoms with Crippen LogP contribution in [0.2, 0.25) is 0 Å². The summed E-state index contributed by atoms with van der Waals surface area (Å²) in [7, 11) is 0. The summed E-state index contributed by atoms with van der Waals surface area (Å²) >= 11 is 0. The van der Waals surface area contributed by atoms with Crippen molar-refractivity contribution in [1.29, 1.82) is 0 Å². The first-order valence-corrected chi connectivity index (χ1v) is 6.70. The zero-order valence-corrected chi connectivity index (χ0v) is 11.2. The molecule has 2 nitrogen and oxygen atoms in total. The molecule has 94 valence electrons. The van der Waals surface area contributed by atoms with E-state index in [1.165, 1.54) is 5.56 Å². The topological polar surface area (TPSA) is 15.3 Å². The summed E-state index contributed by atoms with van der Waals surface area (Å²) in [6.07, 6.45) is 0. The lowest BCUT2D eigenvalue weighted by atomic mass is 9.98. The van der Waals surface area contributed by atoms with Crippen molar-refractivity contribution in [2.45, 2.75) is 38.8 Å². The molecule has 0 amide bonds. The predicted molar refractivity (Wildman–Crippen MR) is 73.4 cm³/mol. The minimum Gasteiger partial charge on any atom is -0.314 e. The zero-order chi connectivity index (χ0) is 12.3. The van der Waals surface area contributed by atoms with Crippen molar-refractivity contribution < 1.29 is 0 Å². The van der Waals surface area contributed by atoms with Crippen LogP contribution in [0, 0.1) is 0 Å². The fourth-order valence-corrected chi connectivity index (χ4v) is 2.73. The van der Waals surface area contributed by atoms with Gasteiger partial charge in [0.1, 0.15) is 0 Å². The SMILES string of the molecule is CC(CN1[C@H](C)CNC[C@@H]1C)c1ccccc1. The summed E-state index contributed by atoms with van der Waals surface area (Å²) in [5.74, 6) is 0.610. The molecular formula is C15H24N2. The average molecular weight is 232 g/mol. The van der Waals surface area contributed by atoms with Gasteiger partial charge in [0, 0.05) is 31.7 Å². The lowest BCUT2D eigenvalue weighted by Gasteiger charge is -2.40. The third-order valence-corrected chi connectivity index (χ3v) is 3.87. The molecule has 1 heterocycles. The molecule has 17 heavy (non-hydrogen) atoms. The molecule has 2 rings (SSSR count). The number of rotatable bonds is 3. The highest BCUT2D eigenvalue weighted by Crippen LogP contribution is 2.20. The van der Waals surface area contributed by atoms with Crippen LogP contribution in [0.1, 0.15) is 32.3 Å². The summed E-state index contributed by atoms with van der Waals surface area (Å²) in [6.45, 7) is 10.4. The molecule has 1 saturated heterocycles. The number of benzene rings is 1. The highest BCUT2D eigenvalue weighted by molar-refractivity contribution is 5.19. The minimum absolute atomic E-state index is 0.610. The molecule has 0 spiro atoms. The fourth-order valence-electron chi connectivity index (χ4n) is 2.73. The molecule has 0 bridgehead atoms. The van der Waals surface area contributed by atoms with Gasteiger partial charge in [0.05, 0.1) is 0 Å². The molecule has 0 aromatic heterocycles. The Bertz CT molecular complexity index is 326. The number of nitrogens with one attached hydrogen (secondary N) is 1. The Kier molecular flexibility index (Phi) is 4.19. The molecule has 1 N–H and O–H groups in total. The second-order valence-corrected chi connectivity index (χ2v) is 5.36. The van der Waals surface area contributed by atoms with E-state index in [4.69, 9.17) is 0 Å². The molecule has 1 fully saturated rings. The van der Waals surface area contributed by atoms with Gasteiger partial charge in [-0.3, -0.25) is 4.90 Å². The van der Waals surface area contributed by atoms with Gasteiger partial charge in [-0.2, -0.15) is 0 Å². The van der Waals surface area contributed by atoms with Crippen molar-refractivity contribution in [1.82, 2.24) is 10.2 Å². The quantitative estimate of drug-likeness (QED) is 0.861. The first-order chi connectivity index (χ1) is 8.18. The van der Waals surface area contributed by atoms with Crippen LogP contribution in [0.25, 0.3) is 0 Å². The highest BCUT2D eigenvalue weighted by Gasteiger charge is 2.25. The molecule has 1 aromatic carbocycles. The van der Waals surface area contributed by atoms with E-state index in [-0.39, 0.29) is 0 Å². The Morgan fingerprint density at radius 2 is 1.76 bits per heavy atom. The maximum absolute atomic E-state index is 3.49. The Morgan fingerprint density at radius 1 is 1.18 bits per heavy atom. The second kappa shape index (κ2) is 5.65. The summed E-state index contributed by atoms with van der Waals surface area (Å²) in [4.78, 5) is 2.63. The molecule has 3 atom stereocenters. The van der Waals surface area contributed by atoms with Gasteiger partial charge in [0.2, 0.25) is 0 Å². The average Bonchev–Trinajstić information content (AvgIpc) is 2.35. The third-order valence-electron chi connectivity index (χ3n) is 3.87. The number of nitrogens with zero attached hydrogens (tertiary/aromatic N) is 1. The molecule has 2 heteroatoms. The fraction of sp³-hybridized carbons (Fsp3) is 0.600. The van der Waals surface area contributed by atoms with Crippen LogP contribution in [0.3, 0.4) is 0 Å². The van der Waals surface area contributed by atoms with E-state index in [2.05, 4.69) is 61.3 Å². The Balaban J connectivity index is 2.00. The number of hydrogen-bond acceptors (Lipinski definition) is 2.